The number of nitrogens with zero attached hydrogens (tertiary/aromatic N) is 1. The number of carboxylic acids is 1. The third-order valence-electron chi connectivity index (χ3n) is 5.14. The van der Waals surface area contributed by atoms with Crippen molar-refractivity contribution in [3.05, 3.63) is 59.7 Å². The van der Waals surface area contributed by atoms with Crippen LogP contribution in [-0.2, 0) is 22.4 Å². The highest BCUT2D eigenvalue weighted by Gasteiger charge is 2.19. The summed E-state index contributed by atoms with van der Waals surface area (Å²) in [6.45, 7) is 4.34. The number of aliphatic hydroxyl groups excluding tert-OH is 1. The molecule has 0 fully saturated rings. The van der Waals surface area contributed by atoms with Crippen LogP contribution in [0, 0.1) is 0 Å². The van der Waals surface area contributed by atoms with Gasteiger partial charge in [0.05, 0.1) is 13.5 Å². The SMILES string of the molecule is COc1ccc(CC(C)(C)NC[C@H](O)COc2ccc(CC(=O)N(C)CC(=O)O)cc2)cc1. The van der Waals surface area contributed by atoms with E-state index in [1.165, 1.54) is 17.5 Å². The predicted octanol–water partition coefficient (Wildman–Crippen LogP) is 2.13. The minimum atomic E-state index is -1.05. The minimum absolute atomic E-state index is 0.111. The molecular formula is C25H34N2O6. The van der Waals surface area contributed by atoms with Gasteiger partial charge in [0.15, 0.2) is 0 Å². The van der Waals surface area contributed by atoms with Crippen molar-refractivity contribution in [1.82, 2.24) is 10.2 Å². The second kappa shape index (κ2) is 12.2. The molecule has 0 aromatic heterocycles. The second-order valence-corrected chi connectivity index (χ2v) is 8.72. The van der Waals surface area contributed by atoms with Gasteiger partial charge in [0.1, 0.15) is 30.8 Å². The van der Waals surface area contributed by atoms with Crippen LogP contribution in [0.25, 0.3) is 0 Å². The number of nitrogens with one attached hydrogen (secondary N) is 1. The number of methoxy groups -OCH3 is 1. The zero-order chi connectivity index (χ0) is 24.4. The fourth-order valence-electron chi connectivity index (χ4n) is 3.27. The quantitative estimate of drug-likeness (QED) is 0.422. The number of carbonyl (C=O) groups excluding carboxylic acids is 1. The molecule has 8 heteroatoms. The lowest BCUT2D eigenvalue weighted by molar-refractivity contribution is -0.143. The molecule has 0 heterocycles. The van der Waals surface area contributed by atoms with Gasteiger partial charge in [-0.15, -0.1) is 0 Å². The number of rotatable bonds is 13. The third-order valence-corrected chi connectivity index (χ3v) is 5.14. The van der Waals surface area contributed by atoms with E-state index in [0.717, 1.165) is 17.7 Å². The van der Waals surface area contributed by atoms with Crippen LogP contribution in [0.5, 0.6) is 11.5 Å². The van der Waals surface area contributed by atoms with Crippen LogP contribution in [0.1, 0.15) is 25.0 Å². The third kappa shape index (κ3) is 9.51. The molecule has 0 bridgehead atoms. The Morgan fingerprint density at radius 1 is 1.03 bits per heavy atom. The van der Waals surface area contributed by atoms with Gasteiger partial charge in [-0.25, -0.2) is 0 Å². The van der Waals surface area contributed by atoms with E-state index in [9.17, 15) is 14.7 Å². The monoisotopic (exact) mass is 458 g/mol. The lowest BCUT2D eigenvalue weighted by Gasteiger charge is -2.28. The molecule has 0 aliphatic rings. The van der Waals surface area contributed by atoms with Gasteiger partial charge in [0.25, 0.3) is 0 Å². The van der Waals surface area contributed by atoms with Crippen molar-refractivity contribution in [2.45, 2.75) is 38.3 Å². The van der Waals surface area contributed by atoms with Gasteiger partial charge in [-0.05, 0) is 55.7 Å². The number of carboxylic acid groups (broad SMARTS) is 1. The van der Waals surface area contributed by atoms with Crippen LogP contribution in [0.15, 0.2) is 48.5 Å². The molecule has 0 saturated carbocycles. The van der Waals surface area contributed by atoms with E-state index in [-0.39, 0.29) is 31.0 Å². The summed E-state index contributed by atoms with van der Waals surface area (Å²) >= 11 is 0. The van der Waals surface area contributed by atoms with Crippen molar-refractivity contribution >= 4 is 11.9 Å². The molecule has 1 atom stereocenters. The van der Waals surface area contributed by atoms with Crippen LogP contribution in [0.2, 0.25) is 0 Å². The summed E-state index contributed by atoms with van der Waals surface area (Å²) < 4.78 is 10.8. The molecule has 0 saturated heterocycles. The molecule has 0 radical (unpaired) electrons. The Morgan fingerprint density at radius 2 is 1.61 bits per heavy atom. The topological polar surface area (TPSA) is 108 Å². The maximum absolute atomic E-state index is 12.0. The van der Waals surface area contributed by atoms with Crippen molar-refractivity contribution in [3.63, 3.8) is 0 Å². The van der Waals surface area contributed by atoms with Gasteiger partial charge in [-0.3, -0.25) is 9.59 Å². The molecule has 0 aliphatic carbocycles. The highest BCUT2D eigenvalue weighted by molar-refractivity contribution is 5.82. The molecule has 0 aliphatic heterocycles. The Kier molecular flexibility index (Phi) is 9.69. The van der Waals surface area contributed by atoms with E-state index >= 15 is 0 Å². The first-order valence-electron chi connectivity index (χ1n) is 10.8. The molecule has 0 spiro atoms. The Hall–Kier alpha value is -3.10. The van der Waals surface area contributed by atoms with Gasteiger partial charge < -0.3 is 29.9 Å². The van der Waals surface area contributed by atoms with Crippen molar-refractivity contribution in [3.8, 4) is 11.5 Å². The number of ether oxygens (including phenoxy) is 2. The van der Waals surface area contributed by atoms with Crippen molar-refractivity contribution < 1.29 is 29.3 Å². The van der Waals surface area contributed by atoms with Crippen LogP contribution in [-0.4, -0.2) is 72.5 Å². The van der Waals surface area contributed by atoms with Crippen LogP contribution < -0.4 is 14.8 Å². The molecule has 1 amide bonds. The van der Waals surface area contributed by atoms with Crippen molar-refractivity contribution in [1.29, 1.82) is 0 Å². The van der Waals surface area contributed by atoms with E-state index in [4.69, 9.17) is 14.6 Å². The number of aliphatic hydroxyl groups is 1. The van der Waals surface area contributed by atoms with Gasteiger partial charge in [-0.1, -0.05) is 24.3 Å². The van der Waals surface area contributed by atoms with Gasteiger partial charge in [0.2, 0.25) is 5.91 Å². The average Bonchev–Trinajstić information content (AvgIpc) is 2.77. The number of hydrogen-bond acceptors (Lipinski definition) is 6. The molecule has 33 heavy (non-hydrogen) atoms. The predicted molar refractivity (Wildman–Crippen MR) is 126 cm³/mol. The number of benzene rings is 2. The van der Waals surface area contributed by atoms with E-state index in [1.807, 2.05) is 24.3 Å². The summed E-state index contributed by atoms with van der Waals surface area (Å²) in [6.07, 6.45) is 0.220. The van der Waals surface area contributed by atoms with Crippen LogP contribution >= 0.6 is 0 Å². The lowest BCUT2D eigenvalue weighted by atomic mass is 9.94. The van der Waals surface area contributed by atoms with Crippen LogP contribution in [0.3, 0.4) is 0 Å². The second-order valence-electron chi connectivity index (χ2n) is 8.72. The van der Waals surface area contributed by atoms with E-state index in [1.54, 1.807) is 31.4 Å². The number of hydrogen-bond donors (Lipinski definition) is 3. The summed E-state index contributed by atoms with van der Waals surface area (Å²) in [7, 11) is 3.10. The Morgan fingerprint density at radius 3 is 2.18 bits per heavy atom. The fourth-order valence-corrected chi connectivity index (χ4v) is 3.27. The minimum Gasteiger partial charge on any atom is -0.497 e. The van der Waals surface area contributed by atoms with E-state index in [0.29, 0.717) is 12.3 Å². The summed E-state index contributed by atoms with van der Waals surface area (Å²) in [5.74, 6) is 0.0838. The summed E-state index contributed by atoms with van der Waals surface area (Å²) in [6, 6.07) is 14.9. The zero-order valence-electron chi connectivity index (χ0n) is 19.7. The average molecular weight is 459 g/mol. The van der Waals surface area contributed by atoms with Crippen molar-refractivity contribution in [2.75, 3.05) is 33.9 Å². The molecule has 0 unspecified atom stereocenters. The molecular weight excluding hydrogens is 424 g/mol. The first-order chi connectivity index (χ1) is 15.6. The number of aliphatic carboxylic acids is 1. The molecule has 2 rings (SSSR count). The number of β-amino-alcohol motifs (C(OH)–C–C–N with tert-alkyl or cyclic N) is 1. The number of carbonyl (C=O) groups is 2. The summed E-state index contributed by atoms with van der Waals surface area (Å²) in [5.41, 5.74) is 1.72. The van der Waals surface area contributed by atoms with E-state index < -0.39 is 12.1 Å². The highest BCUT2D eigenvalue weighted by Crippen LogP contribution is 2.17. The molecule has 3 N–H and O–H groups in total. The molecule has 2 aromatic carbocycles. The Labute approximate surface area is 195 Å². The molecule has 180 valence electrons. The van der Waals surface area contributed by atoms with Gasteiger partial charge in [0, 0.05) is 19.1 Å². The smallest absolute Gasteiger partial charge is 0.323 e. The van der Waals surface area contributed by atoms with E-state index in [2.05, 4.69) is 19.2 Å². The Balaban J connectivity index is 1.75. The maximum atomic E-state index is 12.0. The Bertz CT molecular complexity index is 896. The molecule has 8 nitrogen and oxygen atoms in total. The standard InChI is InChI=1S/C25H34N2O6/c1-25(2,14-19-7-9-21(32-4)10-8-19)26-15-20(28)17-33-22-11-5-18(6-12-22)13-23(29)27(3)16-24(30)31/h5-12,20,26,28H,13-17H2,1-4H3,(H,30,31)/t20-/m0/s1. The zero-order valence-corrected chi connectivity index (χ0v) is 19.7. The van der Waals surface area contributed by atoms with Gasteiger partial charge in [-0.2, -0.15) is 0 Å². The highest BCUT2D eigenvalue weighted by atomic mass is 16.5. The summed E-state index contributed by atoms with van der Waals surface area (Å²) in [4.78, 5) is 23.9. The van der Waals surface area contributed by atoms with Crippen molar-refractivity contribution in [2.24, 2.45) is 0 Å². The van der Waals surface area contributed by atoms with Gasteiger partial charge >= 0.3 is 5.97 Å². The fraction of sp³-hybridized carbons (Fsp3) is 0.440. The normalized spacial score (nSPS) is 12.2. The number of likely N-dealkylation sites (N-methyl/N-ethyl adjacent to an activating group) is 1. The first-order valence-corrected chi connectivity index (χ1v) is 10.8. The van der Waals surface area contributed by atoms with Crippen LogP contribution in [0.4, 0.5) is 0 Å². The maximum Gasteiger partial charge on any atom is 0.323 e. The molecule has 2 aromatic rings. The largest absolute Gasteiger partial charge is 0.497 e. The number of amides is 1. The lowest BCUT2D eigenvalue weighted by Crippen LogP contribution is -2.46. The summed E-state index contributed by atoms with van der Waals surface area (Å²) in [5, 5.41) is 22.5. The first kappa shape index (κ1) is 26.2.